The fraction of sp³-hybridized carbons (Fsp3) is 0.214. The van der Waals surface area contributed by atoms with Crippen molar-refractivity contribution in [2.45, 2.75) is 6.54 Å². The summed E-state index contributed by atoms with van der Waals surface area (Å²) in [5, 5.41) is 11.4. The average Bonchev–Trinajstić information content (AvgIpc) is 2.97. The van der Waals surface area contributed by atoms with E-state index in [1.165, 1.54) is 24.9 Å². The van der Waals surface area contributed by atoms with Crippen molar-refractivity contribution >= 4 is 11.8 Å². The fourth-order valence-electron chi connectivity index (χ4n) is 1.96. The number of ether oxygens (including phenoxy) is 1. The Balaban J connectivity index is 2.16. The van der Waals surface area contributed by atoms with Gasteiger partial charge in [-0.3, -0.25) is 14.8 Å². The second-order valence-corrected chi connectivity index (χ2v) is 4.52. The number of carbonyl (C=O) groups is 2. The Morgan fingerprint density at radius 2 is 2.18 bits per heavy atom. The van der Waals surface area contributed by atoms with Crippen LogP contribution in [0, 0.1) is 0 Å². The van der Waals surface area contributed by atoms with Gasteiger partial charge in [0.15, 0.2) is 0 Å². The van der Waals surface area contributed by atoms with Crippen LogP contribution in [0.1, 0.15) is 26.4 Å². The highest BCUT2D eigenvalue weighted by atomic mass is 16.5. The standard InChI is InChI=1S/C14H16N4O4/c1-18-5-3-4-11(18)13(20)15-8-10-6-9(12(19)17-21)7-16-14(10)22-2/h3-7,21H,8H2,1-2H3,(H,15,20)(H,17,19). The van der Waals surface area contributed by atoms with Gasteiger partial charge in [0.05, 0.1) is 12.7 Å². The molecule has 8 heteroatoms. The molecule has 3 N–H and O–H groups in total. The Morgan fingerprint density at radius 3 is 2.77 bits per heavy atom. The zero-order valence-corrected chi connectivity index (χ0v) is 12.2. The van der Waals surface area contributed by atoms with Gasteiger partial charge in [-0.05, 0) is 18.2 Å². The molecule has 0 saturated heterocycles. The summed E-state index contributed by atoms with van der Waals surface area (Å²) in [6.45, 7) is 0.132. The van der Waals surface area contributed by atoms with Crippen LogP contribution in [0.5, 0.6) is 5.88 Å². The van der Waals surface area contributed by atoms with Crippen molar-refractivity contribution < 1.29 is 19.5 Å². The molecule has 2 aromatic heterocycles. The second kappa shape index (κ2) is 6.72. The molecule has 0 atom stereocenters. The molecular weight excluding hydrogens is 288 g/mol. The molecule has 0 aliphatic carbocycles. The van der Waals surface area contributed by atoms with E-state index in [4.69, 9.17) is 9.94 Å². The number of aromatic nitrogens is 2. The van der Waals surface area contributed by atoms with Gasteiger partial charge in [-0.1, -0.05) is 0 Å². The van der Waals surface area contributed by atoms with Crippen LogP contribution in [-0.2, 0) is 13.6 Å². The van der Waals surface area contributed by atoms with Crippen LogP contribution in [-0.4, -0.2) is 33.7 Å². The number of carbonyl (C=O) groups excluding carboxylic acids is 2. The Kier molecular flexibility index (Phi) is 4.74. The van der Waals surface area contributed by atoms with Crippen molar-refractivity contribution in [2.24, 2.45) is 7.05 Å². The van der Waals surface area contributed by atoms with E-state index in [0.29, 0.717) is 17.1 Å². The Hall–Kier alpha value is -2.87. The lowest BCUT2D eigenvalue weighted by atomic mass is 10.2. The summed E-state index contributed by atoms with van der Waals surface area (Å²) in [5.74, 6) is -0.654. The van der Waals surface area contributed by atoms with Gasteiger partial charge in [-0.15, -0.1) is 0 Å². The molecule has 2 rings (SSSR count). The van der Waals surface area contributed by atoms with Gasteiger partial charge in [-0.2, -0.15) is 0 Å². The van der Waals surface area contributed by atoms with Gasteiger partial charge >= 0.3 is 0 Å². The molecule has 2 amide bonds. The van der Waals surface area contributed by atoms with Gasteiger partial charge in [0.2, 0.25) is 5.88 Å². The first-order valence-electron chi connectivity index (χ1n) is 6.43. The van der Waals surface area contributed by atoms with Crippen molar-refractivity contribution in [3.8, 4) is 5.88 Å². The number of methoxy groups -OCH3 is 1. The van der Waals surface area contributed by atoms with Crippen LogP contribution in [0.2, 0.25) is 0 Å². The summed E-state index contributed by atoms with van der Waals surface area (Å²) in [5.41, 5.74) is 2.72. The van der Waals surface area contributed by atoms with E-state index >= 15 is 0 Å². The summed E-state index contributed by atoms with van der Waals surface area (Å²) < 4.78 is 6.79. The number of nitrogens with one attached hydrogen (secondary N) is 2. The third-order valence-electron chi connectivity index (χ3n) is 3.10. The minimum absolute atomic E-state index is 0.132. The van der Waals surface area contributed by atoms with E-state index in [-0.39, 0.29) is 18.0 Å². The molecule has 0 saturated carbocycles. The molecule has 22 heavy (non-hydrogen) atoms. The van der Waals surface area contributed by atoms with Gasteiger partial charge in [0, 0.05) is 31.5 Å². The molecule has 2 heterocycles. The summed E-state index contributed by atoms with van der Waals surface area (Å²) in [6, 6.07) is 4.95. The summed E-state index contributed by atoms with van der Waals surface area (Å²) >= 11 is 0. The third-order valence-corrected chi connectivity index (χ3v) is 3.10. The highest BCUT2D eigenvalue weighted by Gasteiger charge is 2.13. The smallest absolute Gasteiger partial charge is 0.276 e. The normalized spacial score (nSPS) is 10.1. The van der Waals surface area contributed by atoms with Crippen molar-refractivity contribution in [2.75, 3.05) is 7.11 Å². The fourth-order valence-corrected chi connectivity index (χ4v) is 1.96. The maximum absolute atomic E-state index is 12.1. The molecule has 116 valence electrons. The maximum Gasteiger partial charge on any atom is 0.276 e. The van der Waals surface area contributed by atoms with E-state index in [9.17, 15) is 9.59 Å². The number of amides is 2. The van der Waals surface area contributed by atoms with Crippen molar-refractivity contribution in [1.29, 1.82) is 0 Å². The van der Waals surface area contributed by atoms with Gasteiger partial charge in [0.25, 0.3) is 11.8 Å². The van der Waals surface area contributed by atoms with E-state index in [0.717, 1.165) is 0 Å². The number of aryl methyl sites for hydroxylation is 1. The van der Waals surface area contributed by atoms with Gasteiger partial charge in [0.1, 0.15) is 5.69 Å². The molecule has 0 spiro atoms. The molecule has 2 aromatic rings. The van der Waals surface area contributed by atoms with Crippen molar-refractivity contribution in [3.63, 3.8) is 0 Å². The zero-order valence-electron chi connectivity index (χ0n) is 12.2. The van der Waals surface area contributed by atoms with Crippen molar-refractivity contribution in [3.05, 3.63) is 47.4 Å². The molecule has 0 aliphatic rings. The van der Waals surface area contributed by atoms with Gasteiger partial charge in [-0.25, -0.2) is 10.5 Å². The van der Waals surface area contributed by atoms with Crippen molar-refractivity contribution in [1.82, 2.24) is 20.3 Å². The number of hydrogen-bond acceptors (Lipinski definition) is 5. The monoisotopic (exact) mass is 304 g/mol. The predicted octanol–water partition coefficient (Wildman–Crippen LogP) is 0.478. The highest BCUT2D eigenvalue weighted by molar-refractivity contribution is 5.94. The molecule has 0 unspecified atom stereocenters. The van der Waals surface area contributed by atoms with E-state index in [2.05, 4.69) is 10.3 Å². The molecule has 0 radical (unpaired) electrons. The number of nitrogens with zero attached hydrogens (tertiary/aromatic N) is 2. The Bertz CT molecular complexity index is 696. The SMILES string of the molecule is COc1ncc(C(=O)NO)cc1CNC(=O)c1cccn1C. The summed E-state index contributed by atoms with van der Waals surface area (Å²) in [7, 11) is 3.21. The number of rotatable bonds is 5. The average molecular weight is 304 g/mol. The van der Waals surface area contributed by atoms with Gasteiger partial charge < -0.3 is 14.6 Å². The molecule has 0 bridgehead atoms. The largest absolute Gasteiger partial charge is 0.481 e. The minimum atomic E-state index is -0.690. The second-order valence-electron chi connectivity index (χ2n) is 4.52. The lowest BCUT2D eigenvalue weighted by Crippen LogP contribution is -2.25. The van der Waals surface area contributed by atoms with Crippen LogP contribution >= 0.6 is 0 Å². The Labute approximate surface area is 126 Å². The van der Waals surface area contributed by atoms with Crippen LogP contribution in [0.25, 0.3) is 0 Å². The zero-order chi connectivity index (χ0) is 16.1. The van der Waals surface area contributed by atoms with E-state index in [1.807, 2.05) is 0 Å². The predicted molar refractivity (Wildman–Crippen MR) is 76.6 cm³/mol. The quantitative estimate of drug-likeness (QED) is 0.550. The molecular formula is C14H16N4O4. The molecule has 0 aliphatic heterocycles. The lowest BCUT2D eigenvalue weighted by Gasteiger charge is -2.10. The number of hydrogen-bond donors (Lipinski definition) is 3. The molecule has 0 aromatic carbocycles. The van der Waals surface area contributed by atoms with E-state index < -0.39 is 5.91 Å². The highest BCUT2D eigenvalue weighted by Crippen LogP contribution is 2.16. The topological polar surface area (TPSA) is 105 Å². The van der Waals surface area contributed by atoms with Crippen LogP contribution in [0.3, 0.4) is 0 Å². The van der Waals surface area contributed by atoms with Crippen LogP contribution in [0.15, 0.2) is 30.6 Å². The third kappa shape index (κ3) is 3.23. The summed E-state index contributed by atoms with van der Waals surface area (Å²) in [6.07, 6.45) is 3.04. The lowest BCUT2D eigenvalue weighted by molar-refractivity contribution is 0.0705. The minimum Gasteiger partial charge on any atom is -0.481 e. The van der Waals surface area contributed by atoms with Crippen LogP contribution in [0.4, 0.5) is 0 Å². The summed E-state index contributed by atoms with van der Waals surface area (Å²) in [4.78, 5) is 27.4. The first kappa shape index (κ1) is 15.5. The van der Waals surface area contributed by atoms with E-state index in [1.54, 1.807) is 29.9 Å². The van der Waals surface area contributed by atoms with Crippen LogP contribution < -0.4 is 15.5 Å². The Morgan fingerprint density at radius 1 is 1.41 bits per heavy atom. The number of hydroxylamine groups is 1. The first-order valence-corrected chi connectivity index (χ1v) is 6.43. The maximum atomic E-state index is 12.1. The molecule has 0 fully saturated rings. The molecule has 8 nitrogen and oxygen atoms in total. The number of pyridine rings is 1. The first-order chi connectivity index (χ1) is 10.6.